The van der Waals surface area contributed by atoms with Crippen molar-refractivity contribution in [1.29, 1.82) is 0 Å². The predicted octanol–water partition coefficient (Wildman–Crippen LogP) is 3.42. The number of methoxy groups -OCH3 is 2. The number of esters is 1. The van der Waals surface area contributed by atoms with Crippen LogP contribution in [-0.2, 0) is 16.2 Å². The summed E-state index contributed by atoms with van der Waals surface area (Å²) in [6.45, 7) is 2.01. The fourth-order valence-electron chi connectivity index (χ4n) is 2.13. The minimum Gasteiger partial charge on any atom is -0.496 e. The molecule has 0 fully saturated rings. The molecule has 23 heavy (non-hydrogen) atoms. The molecule has 5 heteroatoms. The number of oxime groups is 1. The van der Waals surface area contributed by atoms with Crippen molar-refractivity contribution in [1.82, 2.24) is 0 Å². The van der Waals surface area contributed by atoms with Crippen molar-refractivity contribution in [3.05, 3.63) is 65.2 Å². The molecule has 0 heterocycles. The third-order valence-electron chi connectivity index (χ3n) is 3.34. The van der Waals surface area contributed by atoms with E-state index < -0.39 is 5.97 Å². The Labute approximate surface area is 135 Å². The topological polar surface area (TPSA) is 57.1 Å². The van der Waals surface area contributed by atoms with E-state index in [1.165, 1.54) is 14.2 Å². The van der Waals surface area contributed by atoms with Crippen LogP contribution in [0, 0.1) is 0 Å². The molecule has 120 valence electrons. The zero-order valence-electron chi connectivity index (χ0n) is 13.4. The fourth-order valence-corrected chi connectivity index (χ4v) is 2.13. The van der Waals surface area contributed by atoms with Crippen LogP contribution in [0.3, 0.4) is 0 Å². The Morgan fingerprint density at radius 2 is 1.78 bits per heavy atom. The van der Waals surface area contributed by atoms with Crippen LogP contribution in [0.2, 0.25) is 0 Å². The molecule has 0 radical (unpaired) electrons. The molecule has 2 aromatic rings. The van der Waals surface area contributed by atoms with Crippen LogP contribution < -0.4 is 4.74 Å². The molecule has 0 atom stereocenters. The van der Waals surface area contributed by atoms with Crippen LogP contribution in [0.4, 0.5) is 0 Å². The van der Waals surface area contributed by atoms with E-state index in [-0.39, 0.29) is 6.61 Å². The van der Waals surface area contributed by atoms with E-state index in [1.807, 2.05) is 37.3 Å². The molecule has 0 unspecified atom stereocenters. The van der Waals surface area contributed by atoms with Gasteiger partial charge in [-0.2, -0.15) is 0 Å². The Bertz CT molecular complexity index is 695. The zero-order chi connectivity index (χ0) is 16.7. The molecule has 0 amide bonds. The van der Waals surface area contributed by atoms with Crippen molar-refractivity contribution < 1.29 is 19.1 Å². The summed E-state index contributed by atoms with van der Waals surface area (Å²) in [5.41, 5.74) is 2.74. The quantitative estimate of drug-likeness (QED) is 0.466. The van der Waals surface area contributed by atoms with Crippen molar-refractivity contribution in [2.75, 3.05) is 14.2 Å². The molecule has 0 aliphatic rings. The average Bonchev–Trinajstić information content (AvgIpc) is 2.61. The molecular weight excluding hydrogens is 294 g/mol. The summed E-state index contributed by atoms with van der Waals surface area (Å²) < 4.78 is 10.0. The summed E-state index contributed by atoms with van der Waals surface area (Å²) in [5.74, 6) is -0.0217. The number of benzene rings is 2. The Hall–Kier alpha value is -2.82. The van der Waals surface area contributed by atoms with E-state index >= 15 is 0 Å². The number of hydrogen-bond acceptors (Lipinski definition) is 5. The van der Waals surface area contributed by atoms with E-state index in [9.17, 15) is 4.79 Å². The maximum Gasteiger partial charge on any atom is 0.342 e. The lowest BCUT2D eigenvalue weighted by Gasteiger charge is -2.11. The Morgan fingerprint density at radius 1 is 1.04 bits per heavy atom. The Kier molecular flexibility index (Phi) is 5.74. The number of ether oxygens (including phenoxy) is 2. The second-order valence-corrected chi connectivity index (χ2v) is 4.80. The molecular formula is C18H19NO4. The van der Waals surface area contributed by atoms with Crippen molar-refractivity contribution in [3.63, 3.8) is 0 Å². The highest BCUT2D eigenvalue weighted by atomic mass is 16.6. The molecule has 0 aromatic heterocycles. The SMILES string of the molecule is COC(=O)c1c(CO/N=C(\C)c2ccccc2)cccc1OC. The highest BCUT2D eigenvalue weighted by molar-refractivity contribution is 5.98. The van der Waals surface area contributed by atoms with Gasteiger partial charge in [-0.15, -0.1) is 0 Å². The van der Waals surface area contributed by atoms with E-state index in [0.29, 0.717) is 16.9 Å². The molecule has 2 rings (SSSR count). The van der Waals surface area contributed by atoms with Crippen LogP contribution in [0.1, 0.15) is 28.4 Å². The highest BCUT2D eigenvalue weighted by Gasteiger charge is 2.18. The average molecular weight is 313 g/mol. The molecule has 2 aromatic carbocycles. The van der Waals surface area contributed by atoms with Gasteiger partial charge >= 0.3 is 5.97 Å². The molecule has 5 nitrogen and oxygen atoms in total. The Morgan fingerprint density at radius 3 is 2.43 bits per heavy atom. The maximum absolute atomic E-state index is 11.9. The van der Waals surface area contributed by atoms with Gasteiger partial charge in [-0.3, -0.25) is 0 Å². The molecule has 0 N–H and O–H groups in total. The van der Waals surface area contributed by atoms with Crippen LogP contribution in [0.25, 0.3) is 0 Å². The minimum absolute atomic E-state index is 0.145. The summed E-state index contributed by atoms with van der Waals surface area (Å²) in [6, 6.07) is 15.0. The van der Waals surface area contributed by atoms with Gasteiger partial charge in [0.2, 0.25) is 0 Å². The molecule has 0 bridgehead atoms. The Balaban J connectivity index is 2.16. The lowest BCUT2D eigenvalue weighted by Crippen LogP contribution is -2.09. The first-order valence-corrected chi connectivity index (χ1v) is 7.13. The molecule has 0 saturated carbocycles. The first kappa shape index (κ1) is 16.5. The molecule has 0 spiro atoms. The van der Waals surface area contributed by atoms with Crippen LogP contribution in [-0.4, -0.2) is 25.9 Å². The number of rotatable bonds is 6. The normalized spacial score (nSPS) is 11.0. The van der Waals surface area contributed by atoms with Crippen LogP contribution in [0.15, 0.2) is 53.7 Å². The third kappa shape index (κ3) is 4.10. The van der Waals surface area contributed by atoms with E-state index in [0.717, 1.165) is 11.3 Å². The van der Waals surface area contributed by atoms with Gasteiger partial charge in [-0.1, -0.05) is 47.6 Å². The van der Waals surface area contributed by atoms with Gasteiger partial charge in [0.05, 0.1) is 19.9 Å². The lowest BCUT2D eigenvalue weighted by atomic mass is 10.1. The number of carbonyl (C=O) groups is 1. The van der Waals surface area contributed by atoms with Crippen molar-refractivity contribution in [2.24, 2.45) is 5.16 Å². The van der Waals surface area contributed by atoms with E-state index in [1.54, 1.807) is 18.2 Å². The molecule has 0 saturated heterocycles. The summed E-state index contributed by atoms with van der Waals surface area (Å²) in [6.07, 6.45) is 0. The summed E-state index contributed by atoms with van der Waals surface area (Å²) in [7, 11) is 2.83. The minimum atomic E-state index is -0.468. The number of nitrogens with zero attached hydrogens (tertiary/aromatic N) is 1. The number of hydrogen-bond donors (Lipinski definition) is 0. The zero-order valence-corrected chi connectivity index (χ0v) is 13.4. The predicted molar refractivity (Wildman–Crippen MR) is 87.8 cm³/mol. The highest BCUT2D eigenvalue weighted by Crippen LogP contribution is 2.24. The summed E-state index contributed by atoms with van der Waals surface area (Å²) >= 11 is 0. The van der Waals surface area contributed by atoms with Crippen LogP contribution in [0.5, 0.6) is 5.75 Å². The van der Waals surface area contributed by atoms with Crippen LogP contribution >= 0.6 is 0 Å². The maximum atomic E-state index is 11.9. The van der Waals surface area contributed by atoms with Gasteiger partial charge < -0.3 is 14.3 Å². The van der Waals surface area contributed by atoms with E-state index in [4.69, 9.17) is 14.3 Å². The lowest BCUT2D eigenvalue weighted by molar-refractivity contribution is 0.0589. The van der Waals surface area contributed by atoms with Crippen molar-refractivity contribution in [2.45, 2.75) is 13.5 Å². The third-order valence-corrected chi connectivity index (χ3v) is 3.34. The number of carbonyl (C=O) groups excluding carboxylic acids is 1. The first-order chi connectivity index (χ1) is 11.2. The van der Waals surface area contributed by atoms with Crippen molar-refractivity contribution in [3.8, 4) is 5.75 Å². The smallest absolute Gasteiger partial charge is 0.342 e. The largest absolute Gasteiger partial charge is 0.496 e. The summed E-state index contributed by atoms with van der Waals surface area (Å²) in [5, 5.41) is 4.10. The monoisotopic (exact) mass is 313 g/mol. The summed E-state index contributed by atoms with van der Waals surface area (Å²) in [4.78, 5) is 17.3. The second-order valence-electron chi connectivity index (χ2n) is 4.80. The van der Waals surface area contributed by atoms with Crippen molar-refractivity contribution >= 4 is 11.7 Å². The standard InChI is InChI=1S/C18H19NO4/c1-13(14-8-5-4-6-9-14)19-23-12-15-10-7-11-16(21-2)17(15)18(20)22-3/h4-11H,12H2,1-3H3/b19-13+. The second kappa shape index (κ2) is 7.98. The van der Waals surface area contributed by atoms with Gasteiger partial charge in [-0.25, -0.2) is 4.79 Å². The van der Waals surface area contributed by atoms with Gasteiger partial charge in [-0.05, 0) is 18.6 Å². The molecule has 0 aliphatic carbocycles. The van der Waals surface area contributed by atoms with Gasteiger partial charge in [0.1, 0.15) is 17.9 Å². The van der Waals surface area contributed by atoms with Gasteiger partial charge in [0, 0.05) is 5.56 Å². The van der Waals surface area contributed by atoms with Gasteiger partial charge in [0.15, 0.2) is 0 Å². The first-order valence-electron chi connectivity index (χ1n) is 7.13. The van der Waals surface area contributed by atoms with Gasteiger partial charge in [0.25, 0.3) is 0 Å². The fraction of sp³-hybridized carbons (Fsp3) is 0.222. The molecule has 0 aliphatic heterocycles. The van der Waals surface area contributed by atoms with E-state index in [2.05, 4.69) is 5.16 Å².